The number of benzene rings is 12. The Hall–Kier alpha value is -8.32. The zero-order valence-electron chi connectivity index (χ0n) is 40.8. The molecule has 0 bridgehead atoms. The van der Waals surface area contributed by atoms with Crippen molar-refractivity contribution in [2.75, 3.05) is 0 Å². The number of rotatable bonds is 7. The first-order chi connectivity index (χ1) is 34.3. The Labute approximate surface area is 412 Å². The zero-order valence-corrected chi connectivity index (χ0v) is 40.8. The second-order valence-corrected chi connectivity index (χ2v) is 19.3. The molecule has 0 unspecified atom stereocenters. The minimum absolute atomic E-state index is 1.24. The minimum Gasteiger partial charge on any atom is -0.0622 e. The maximum absolute atomic E-state index is 2.37. The van der Waals surface area contributed by atoms with Crippen LogP contribution < -0.4 is 0 Å². The Morgan fingerprint density at radius 1 is 0.186 bits per heavy atom. The quantitative estimate of drug-likeness (QED) is 0.150. The lowest BCUT2D eigenvalue weighted by Crippen LogP contribution is -1.97. The van der Waals surface area contributed by atoms with Crippen molar-refractivity contribution in [3.05, 3.63) is 252 Å². The van der Waals surface area contributed by atoms with Crippen LogP contribution in [0.2, 0.25) is 0 Å². The molecule has 0 heterocycles. The van der Waals surface area contributed by atoms with E-state index in [0.717, 1.165) is 0 Å². The van der Waals surface area contributed by atoms with Crippen molar-refractivity contribution in [1.29, 1.82) is 0 Å². The molecule has 0 nitrogen and oxygen atoms in total. The first-order valence-corrected chi connectivity index (χ1v) is 24.7. The standard InChI is InChI=1S/C70H54/c1-43-41-45(3)69(47(5)67(43)49-21-9-7-10-22-49)65-39-37-63(55-29-17-19-31-57(55)65)61-35-33-59(51-25-13-15-27-53(51)61)60-34-36-62(54-28-16-14-26-52(54)60)64-38-40-66(58-32-20-18-30-56(58)64)70-46(4)42-44(2)68(48(70)6)50-23-11-8-12-24-50/h7-42H,1-6H3. The molecule has 70 heavy (non-hydrogen) atoms. The molecule has 0 aliphatic carbocycles. The van der Waals surface area contributed by atoms with Gasteiger partial charge in [-0.3, -0.25) is 0 Å². The molecule has 0 spiro atoms. The molecule has 0 aliphatic rings. The number of hydrogen-bond donors (Lipinski definition) is 0. The van der Waals surface area contributed by atoms with Gasteiger partial charge in [0.1, 0.15) is 0 Å². The number of fused-ring (bicyclic) bond motifs is 4. The van der Waals surface area contributed by atoms with Gasteiger partial charge < -0.3 is 0 Å². The molecule has 0 aliphatic heterocycles. The van der Waals surface area contributed by atoms with E-state index in [4.69, 9.17) is 0 Å². The highest BCUT2D eigenvalue weighted by Crippen LogP contribution is 2.47. The molecular formula is C70H54. The van der Waals surface area contributed by atoms with Gasteiger partial charge in [-0.2, -0.15) is 0 Å². The van der Waals surface area contributed by atoms with Gasteiger partial charge in [-0.15, -0.1) is 0 Å². The summed E-state index contributed by atoms with van der Waals surface area (Å²) in [5, 5.41) is 10.1. The van der Waals surface area contributed by atoms with E-state index in [1.54, 1.807) is 0 Å². The Morgan fingerprint density at radius 2 is 0.386 bits per heavy atom. The molecular weight excluding hydrogens is 841 g/mol. The van der Waals surface area contributed by atoms with E-state index >= 15 is 0 Å². The Balaban J connectivity index is 0.984. The molecule has 0 saturated carbocycles. The Morgan fingerprint density at radius 3 is 0.643 bits per heavy atom. The lowest BCUT2D eigenvalue weighted by molar-refractivity contribution is 1.32. The number of aryl methyl sites for hydroxylation is 4. The van der Waals surface area contributed by atoms with Crippen molar-refractivity contribution in [2.45, 2.75) is 41.5 Å². The third kappa shape index (κ3) is 6.97. The van der Waals surface area contributed by atoms with Gasteiger partial charge in [0.05, 0.1) is 0 Å². The first kappa shape index (κ1) is 43.0. The van der Waals surface area contributed by atoms with Crippen LogP contribution in [-0.2, 0) is 0 Å². The molecule has 0 saturated heterocycles. The fourth-order valence-corrected chi connectivity index (χ4v) is 12.3. The monoisotopic (exact) mass is 894 g/mol. The second kappa shape index (κ2) is 17.3. The molecule has 12 aromatic rings. The van der Waals surface area contributed by atoms with Crippen LogP contribution in [-0.4, -0.2) is 0 Å². The maximum Gasteiger partial charge on any atom is -0.00987 e. The summed E-state index contributed by atoms with van der Waals surface area (Å²) in [5.74, 6) is 0. The van der Waals surface area contributed by atoms with Crippen molar-refractivity contribution < 1.29 is 0 Å². The van der Waals surface area contributed by atoms with Gasteiger partial charge in [-0.05, 0) is 196 Å². The van der Waals surface area contributed by atoms with Gasteiger partial charge in [0, 0.05) is 0 Å². The van der Waals surface area contributed by atoms with Gasteiger partial charge in [0.15, 0.2) is 0 Å². The van der Waals surface area contributed by atoms with Gasteiger partial charge >= 0.3 is 0 Å². The summed E-state index contributed by atoms with van der Waals surface area (Å²) in [6, 6.07) is 81.3. The molecule has 0 aromatic heterocycles. The SMILES string of the molecule is Cc1cc(C)c(-c2ccc(-c3ccc(-c4ccc(-c5ccc(-c6c(C)cc(C)c(-c7ccccc7)c6C)c6ccccc56)c5ccccc45)c4ccccc34)c3ccccc23)c(C)c1-c1ccccc1. The van der Waals surface area contributed by atoms with Crippen molar-refractivity contribution in [1.82, 2.24) is 0 Å². The lowest BCUT2D eigenvalue weighted by atomic mass is 9.82. The topological polar surface area (TPSA) is 0 Å². The average molecular weight is 895 g/mol. The number of hydrogen-bond acceptors (Lipinski definition) is 0. The average Bonchev–Trinajstić information content (AvgIpc) is 3.39. The molecule has 12 aromatic carbocycles. The van der Waals surface area contributed by atoms with E-state index < -0.39 is 0 Å². The van der Waals surface area contributed by atoms with Crippen LogP contribution in [0.4, 0.5) is 0 Å². The smallest absolute Gasteiger partial charge is 0.00987 e. The highest BCUT2D eigenvalue weighted by molar-refractivity contribution is 6.17. The van der Waals surface area contributed by atoms with Crippen LogP contribution in [0.1, 0.15) is 33.4 Å². The highest BCUT2D eigenvalue weighted by Gasteiger charge is 2.22. The molecule has 0 N–H and O–H groups in total. The summed E-state index contributed by atoms with van der Waals surface area (Å²) in [4.78, 5) is 0. The van der Waals surface area contributed by atoms with Crippen LogP contribution in [0.3, 0.4) is 0 Å². The van der Waals surface area contributed by atoms with E-state index in [1.165, 1.54) is 154 Å². The van der Waals surface area contributed by atoms with Crippen molar-refractivity contribution in [3.8, 4) is 77.9 Å². The van der Waals surface area contributed by atoms with Gasteiger partial charge in [0.25, 0.3) is 0 Å². The fraction of sp³-hybridized carbons (Fsp3) is 0.0857. The predicted molar refractivity (Wildman–Crippen MR) is 303 cm³/mol. The molecule has 0 amide bonds. The van der Waals surface area contributed by atoms with Crippen molar-refractivity contribution in [2.24, 2.45) is 0 Å². The summed E-state index contributed by atoms with van der Waals surface area (Å²) in [5.41, 5.74) is 25.7. The molecule has 0 fully saturated rings. The van der Waals surface area contributed by atoms with Crippen molar-refractivity contribution >= 4 is 43.1 Å². The second-order valence-electron chi connectivity index (χ2n) is 19.3. The predicted octanol–water partition coefficient (Wildman–Crippen LogP) is 19.8. The van der Waals surface area contributed by atoms with Crippen LogP contribution in [0.5, 0.6) is 0 Å². The molecule has 12 rings (SSSR count). The van der Waals surface area contributed by atoms with Crippen LogP contribution in [0.15, 0.2) is 218 Å². The molecule has 0 heteroatoms. The minimum atomic E-state index is 1.24. The van der Waals surface area contributed by atoms with E-state index in [0.29, 0.717) is 0 Å². The fourth-order valence-electron chi connectivity index (χ4n) is 12.3. The third-order valence-corrected chi connectivity index (χ3v) is 15.2. The normalized spacial score (nSPS) is 11.6. The molecule has 334 valence electrons. The van der Waals surface area contributed by atoms with Gasteiger partial charge in [0.2, 0.25) is 0 Å². The highest BCUT2D eigenvalue weighted by atomic mass is 14.3. The zero-order chi connectivity index (χ0) is 47.6. The largest absolute Gasteiger partial charge is 0.0622 e. The van der Waals surface area contributed by atoms with Crippen LogP contribution >= 0.6 is 0 Å². The van der Waals surface area contributed by atoms with Crippen LogP contribution in [0, 0.1) is 41.5 Å². The summed E-state index contributed by atoms with van der Waals surface area (Å²) in [7, 11) is 0. The van der Waals surface area contributed by atoms with E-state index in [9.17, 15) is 0 Å². The third-order valence-electron chi connectivity index (χ3n) is 15.2. The van der Waals surface area contributed by atoms with E-state index in [2.05, 4.69) is 260 Å². The summed E-state index contributed by atoms with van der Waals surface area (Å²) in [6.45, 7) is 13.6. The molecule has 0 radical (unpaired) electrons. The Kier molecular flexibility index (Phi) is 10.6. The van der Waals surface area contributed by atoms with Crippen molar-refractivity contribution in [3.63, 3.8) is 0 Å². The summed E-state index contributed by atoms with van der Waals surface area (Å²) >= 11 is 0. The van der Waals surface area contributed by atoms with E-state index in [1.807, 2.05) is 0 Å². The maximum atomic E-state index is 2.37. The van der Waals surface area contributed by atoms with E-state index in [-0.39, 0.29) is 0 Å². The van der Waals surface area contributed by atoms with Crippen LogP contribution in [0.25, 0.3) is 121 Å². The summed E-state index contributed by atoms with van der Waals surface area (Å²) < 4.78 is 0. The first-order valence-electron chi connectivity index (χ1n) is 24.7. The summed E-state index contributed by atoms with van der Waals surface area (Å²) in [6.07, 6.45) is 0. The lowest BCUT2D eigenvalue weighted by Gasteiger charge is -2.21. The van der Waals surface area contributed by atoms with Gasteiger partial charge in [-0.25, -0.2) is 0 Å². The van der Waals surface area contributed by atoms with Gasteiger partial charge in [-0.1, -0.05) is 218 Å². The molecule has 0 atom stereocenters. The Bertz CT molecular complexity index is 3770.